The molecule has 0 saturated carbocycles. The molecule has 1 atom stereocenters. The van der Waals surface area contributed by atoms with Crippen LogP contribution in [0.2, 0.25) is 0 Å². The Balaban J connectivity index is 1.92. The molecule has 3 heterocycles. The van der Waals surface area contributed by atoms with Crippen molar-refractivity contribution in [3.63, 3.8) is 0 Å². The van der Waals surface area contributed by atoms with Crippen molar-refractivity contribution in [1.29, 1.82) is 0 Å². The van der Waals surface area contributed by atoms with Gasteiger partial charge in [0.25, 0.3) is 0 Å². The minimum absolute atomic E-state index is 0.199. The van der Waals surface area contributed by atoms with E-state index < -0.39 is 10.0 Å². The van der Waals surface area contributed by atoms with E-state index in [-0.39, 0.29) is 12.5 Å². The van der Waals surface area contributed by atoms with Crippen LogP contribution >= 0.6 is 0 Å². The molecule has 0 radical (unpaired) electrons. The molecule has 1 N–H and O–H groups in total. The van der Waals surface area contributed by atoms with Gasteiger partial charge in [-0.25, -0.2) is 22.7 Å². The summed E-state index contributed by atoms with van der Waals surface area (Å²) in [5, 5.41) is 9.49. The summed E-state index contributed by atoms with van der Waals surface area (Å²) in [6.07, 6.45) is 4.60. The number of aliphatic hydroxyl groups is 1. The summed E-state index contributed by atoms with van der Waals surface area (Å²) in [5.74, 6) is 1.94. The highest BCUT2D eigenvalue weighted by Gasteiger charge is 2.28. The largest absolute Gasteiger partial charge is 0.396 e. The number of piperidine rings is 1. The molecule has 0 aromatic carbocycles. The van der Waals surface area contributed by atoms with Gasteiger partial charge in [0.15, 0.2) is 0 Å². The molecule has 134 valence electrons. The van der Waals surface area contributed by atoms with Gasteiger partial charge in [-0.05, 0) is 32.1 Å². The molecule has 0 amide bonds. The van der Waals surface area contributed by atoms with Crippen LogP contribution in [0.5, 0.6) is 0 Å². The summed E-state index contributed by atoms with van der Waals surface area (Å²) in [4.78, 5) is 11.5. The Labute approximate surface area is 143 Å². The molecule has 0 aliphatic carbocycles. The van der Waals surface area contributed by atoms with E-state index in [1.54, 1.807) is 0 Å². The number of aryl methyl sites for hydroxylation is 1. The Hall–Kier alpha value is -1.25. The van der Waals surface area contributed by atoms with Crippen LogP contribution in [0.25, 0.3) is 0 Å². The van der Waals surface area contributed by atoms with E-state index in [1.807, 2.05) is 6.92 Å². The smallest absolute Gasteiger partial charge is 0.211 e. The monoisotopic (exact) mass is 354 g/mol. The maximum Gasteiger partial charge on any atom is 0.211 e. The molecule has 0 spiro atoms. The van der Waals surface area contributed by atoms with Crippen LogP contribution in [-0.4, -0.2) is 66.8 Å². The first-order chi connectivity index (χ1) is 11.4. The van der Waals surface area contributed by atoms with Crippen LogP contribution in [0.15, 0.2) is 0 Å². The molecule has 1 saturated heterocycles. The van der Waals surface area contributed by atoms with Gasteiger partial charge in [-0.2, -0.15) is 0 Å². The van der Waals surface area contributed by atoms with Crippen LogP contribution in [0.4, 0.5) is 5.82 Å². The summed E-state index contributed by atoms with van der Waals surface area (Å²) in [7, 11) is -3.19. The standard InChI is InChI=1S/C16H26N4O3S/c1-12-17-15-6-9-20(24(2,22)23)8-5-14(15)16(18-12)19-7-3-4-13(10-19)11-21/h13,21H,3-11H2,1-2H3/t13-/m1/s1. The van der Waals surface area contributed by atoms with Crippen LogP contribution < -0.4 is 4.90 Å². The fourth-order valence-corrected chi connectivity index (χ4v) is 4.52. The number of nitrogens with zero attached hydrogens (tertiary/aromatic N) is 4. The van der Waals surface area contributed by atoms with Gasteiger partial charge in [0.2, 0.25) is 10.0 Å². The van der Waals surface area contributed by atoms with Crippen molar-refractivity contribution in [1.82, 2.24) is 14.3 Å². The van der Waals surface area contributed by atoms with Crippen LogP contribution in [0.3, 0.4) is 0 Å². The van der Waals surface area contributed by atoms with E-state index in [0.29, 0.717) is 25.9 Å². The van der Waals surface area contributed by atoms with E-state index in [0.717, 1.165) is 48.8 Å². The van der Waals surface area contributed by atoms with Crippen LogP contribution in [-0.2, 0) is 22.9 Å². The number of hydrogen-bond donors (Lipinski definition) is 1. The molecule has 2 aliphatic rings. The van der Waals surface area contributed by atoms with Gasteiger partial charge >= 0.3 is 0 Å². The van der Waals surface area contributed by atoms with Crippen LogP contribution in [0, 0.1) is 12.8 Å². The Bertz CT molecular complexity index is 708. The van der Waals surface area contributed by atoms with E-state index in [4.69, 9.17) is 0 Å². The number of fused-ring (bicyclic) bond motifs is 1. The third kappa shape index (κ3) is 3.70. The highest BCUT2D eigenvalue weighted by molar-refractivity contribution is 7.88. The molecule has 8 heteroatoms. The molecule has 0 bridgehead atoms. The van der Waals surface area contributed by atoms with Gasteiger partial charge in [-0.1, -0.05) is 0 Å². The SMILES string of the molecule is Cc1nc2c(c(N3CCC[C@@H](CO)C3)n1)CCN(S(C)(=O)=O)CC2. The molecule has 7 nitrogen and oxygen atoms in total. The lowest BCUT2D eigenvalue weighted by molar-refractivity contribution is 0.208. The third-order valence-corrected chi connectivity index (χ3v) is 6.24. The number of aliphatic hydroxyl groups excluding tert-OH is 1. The lowest BCUT2D eigenvalue weighted by Gasteiger charge is -2.34. The quantitative estimate of drug-likeness (QED) is 0.843. The molecule has 24 heavy (non-hydrogen) atoms. The lowest BCUT2D eigenvalue weighted by Crippen LogP contribution is -2.38. The second-order valence-corrected chi connectivity index (χ2v) is 8.80. The van der Waals surface area contributed by atoms with Crippen molar-refractivity contribution in [3.05, 3.63) is 17.1 Å². The zero-order chi connectivity index (χ0) is 17.3. The number of sulfonamides is 1. The predicted molar refractivity (Wildman–Crippen MR) is 92.6 cm³/mol. The van der Waals surface area contributed by atoms with Crippen molar-refractivity contribution in [2.75, 3.05) is 43.9 Å². The zero-order valence-electron chi connectivity index (χ0n) is 14.4. The molecular formula is C16H26N4O3S. The highest BCUT2D eigenvalue weighted by Crippen LogP contribution is 2.28. The summed E-state index contributed by atoms with van der Waals surface area (Å²) < 4.78 is 25.3. The van der Waals surface area contributed by atoms with Gasteiger partial charge in [0.05, 0.1) is 11.9 Å². The van der Waals surface area contributed by atoms with Crippen molar-refractivity contribution in [2.24, 2.45) is 5.92 Å². The minimum Gasteiger partial charge on any atom is -0.396 e. The third-order valence-electron chi connectivity index (χ3n) is 4.94. The van der Waals surface area contributed by atoms with E-state index in [9.17, 15) is 13.5 Å². The molecule has 1 aromatic heterocycles. The maximum atomic E-state index is 11.9. The van der Waals surface area contributed by atoms with E-state index >= 15 is 0 Å². The van der Waals surface area contributed by atoms with E-state index in [2.05, 4.69) is 14.9 Å². The average molecular weight is 354 g/mol. The molecule has 1 fully saturated rings. The van der Waals surface area contributed by atoms with Crippen molar-refractivity contribution in [3.8, 4) is 0 Å². The first-order valence-electron chi connectivity index (χ1n) is 8.56. The summed E-state index contributed by atoms with van der Waals surface area (Å²) >= 11 is 0. The van der Waals surface area contributed by atoms with Gasteiger partial charge in [0, 0.05) is 44.8 Å². The first kappa shape index (κ1) is 17.6. The van der Waals surface area contributed by atoms with Gasteiger partial charge in [-0.3, -0.25) is 0 Å². The zero-order valence-corrected chi connectivity index (χ0v) is 15.2. The van der Waals surface area contributed by atoms with Gasteiger partial charge in [-0.15, -0.1) is 0 Å². The Morgan fingerprint density at radius 3 is 2.67 bits per heavy atom. The Morgan fingerprint density at radius 1 is 1.21 bits per heavy atom. The second-order valence-electron chi connectivity index (χ2n) is 6.82. The first-order valence-corrected chi connectivity index (χ1v) is 10.4. The number of rotatable bonds is 3. The second kappa shape index (κ2) is 6.93. The van der Waals surface area contributed by atoms with Crippen molar-refractivity contribution in [2.45, 2.75) is 32.6 Å². The predicted octanol–water partition coefficient (Wildman–Crippen LogP) is 0.354. The van der Waals surface area contributed by atoms with E-state index in [1.165, 1.54) is 10.6 Å². The lowest BCUT2D eigenvalue weighted by atomic mass is 9.98. The molecule has 0 unspecified atom stereocenters. The highest BCUT2D eigenvalue weighted by atomic mass is 32.2. The van der Waals surface area contributed by atoms with Gasteiger partial charge in [0.1, 0.15) is 11.6 Å². The Morgan fingerprint density at radius 2 is 1.96 bits per heavy atom. The fourth-order valence-electron chi connectivity index (χ4n) is 3.68. The normalized spacial score (nSPS) is 23.0. The summed E-state index contributed by atoms with van der Waals surface area (Å²) in [6.45, 7) is 4.76. The molecule has 3 rings (SSSR count). The minimum atomic E-state index is -3.19. The summed E-state index contributed by atoms with van der Waals surface area (Å²) in [6, 6.07) is 0. The van der Waals surface area contributed by atoms with Crippen LogP contribution in [0.1, 0.15) is 29.9 Å². The topological polar surface area (TPSA) is 86.6 Å². The number of anilines is 1. The molecule has 2 aliphatic heterocycles. The molecule has 1 aromatic rings. The van der Waals surface area contributed by atoms with Crippen molar-refractivity contribution >= 4 is 15.8 Å². The summed E-state index contributed by atoms with van der Waals surface area (Å²) in [5.41, 5.74) is 2.04. The fraction of sp³-hybridized carbons (Fsp3) is 0.750. The number of hydrogen-bond acceptors (Lipinski definition) is 6. The maximum absolute atomic E-state index is 11.9. The average Bonchev–Trinajstić information content (AvgIpc) is 2.76. The Kier molecular flexibility index (Phi) is 5.08. The van der Waals surface area contributed by atoms with Crippen molar-refractivity contribution < 1.29 is 13.5 Å². The van der Waals surface area contributed by atoms with Gasteiger partial charge < -0.3 is 10.0 Å². The molecular weight excluding hydrogens is 328 g/mol. The number of aromatic nitrogens is 2.